The molecule has 1 N–H and O–H groups in total. The topological polar surface area (TPSA) is 72.2 Å². The molecule has 0 saturated heterocycles. The van der Waals surface area contributed by atoms with Crippen molar-refractivity contribution in [3.05, 3.63) is 64.1 Å². The Labute approximate surface area is 110 Å². The van der Waals surface area contributed by atoms with Crippen LogP contribution in [0.25, 0.3) is 0 Å². The molecule has 0 fully saturated rings. The van der Waals surface area contributed by atoms with E-state index in [-0.39, 0.29) is 5.56 Å². The third-order valence-electron chi connectivity index (χ3n) is 2.97. The normalized spacial score (nSPS) is 12.1. The molecule has 5 heteroatoms. The van der Waals surface area contributed by atoms with Crippen LogP contribution in [0.15, 0.2) is 47.4 Å². The minimum absolute atomic E-state index is 0.162. The zero-order valence-electron chi connectivity index (χ0n) is 10.5. The number of carboxylic acids is 1. The fourth-order valence-electron chi connectivity index (χ4n) is 1.73. The Morgan fingerprint density at radius 1 is 1.32 bits per heavy atom. The average Bonchev–Trinajstić information content (AvgIpc) is 2.41. The Hall–Kier alpha value is -2.43. The van der Waals surface area contributed by atoms with E-state index in [0.717, 1.165) is 11.1 Å². The van der Waals surface area contributed by atoms with Gasteiger partial charge in [-0.15, -0.1) is 0 Å². The van der Waals surface area contributed by atoms with Gasteiger partial charge in [-0.2, -0.15) is 5.10 Å². The van der Waals surface area contributed by atoms with Gasteiger partial charge in [0.15, 0.2) is 0 Å². The lowest BCUT2D eigenvalue weighted by Gasteiger charge is -2.08. The first-order valence-corrected chi connectivity index (χ1v) is 5.91. The van der Waals surface area contributed by atoms with Gasteiger partial charge in [0, 0.05) is 12.3 Å². The van der Waals surface area contributed by atoms with Crippen LogP contribution in [-0.4, -0.2) is 20.9 Å². The summed E-state index contributed by atoms with van der Waals surface area (Å²) in [5.41, 5.74) is 1.48. The lowest BCUT2D eigenvalue weighted by Crippen LogP contribution is -2.21. The molecule has 5 nitrogen and oxygen atoms in total. The molecule has 0 bridgehead atoms. The van der Waals surface area contributed by atoms with Crippen LogP contribution in [0, 0.1) is 0 Å². The van der Waals surface area contributed by atoms with Gasteiger partial charge in [-0.05, 0) is 24.1 Å². The summed E-state index contributed by atoms with van der Waals surface area (Å²) in [7, 11) is 0. The average molecular weight is 258 g/mol. The van der Waals surface area contributed by atoms with Gasteiger partial charge in [0.2, 0.25) is 0 Å². The summed E-state index contributed by atoms with van der Waals surface area (Å²) in [5.74, 6) is -1.39. The third kappa shape index (κ3) is 3.07. The SMILES string of the molecule is CC(C(=O)O)c1ccc(Cn2ncccc2=O)cc1. The summed E-state index contributed by atoms with van der Waals surface area (Å²) >= 11 is 0. The van der Waals surface area contributed by atoms with E-state index in [1.165, 1.54) is 10.7 Å². The molecule has 0 aliphatic heterocycles. The number of hydrogen-bond donors (Lipinski definition) is 1. The van der Waals surface area contributed by atoms with Gasteiger partial charge in [0.25, 0.3) is 5.56 Å². The predicted molar refractivity (Wildman–Crippen MR) is 70.1 cm³/mol. The highest BCUT2D eigenvalue weighted by atomic mass is 16.4. The van der Waals surface area contributed by atoms with Gasteiger partial charge in [-0.25, -0.2) is 4.68 Å². The van der Waals surface area contributed by atoms with E-state index < -0.39 is 11.9 Å². The second-order valence-electron chi connectivity index (χ2n) is 4.32. The highest BCUT2D eigenvalue weighted by Crippen LogP contribution is 2.16. The van der Waals surface area contributed by atoms with Crippen LogP contribution in [-0.2, 0) is 11.3 Å². The van der Waals surface area contributed by atoms with Crippen molar-refractivity contribution in [3.63, 3.8) is 0 Å². The van der Waals surface area contributed by atoms with E-state index in [2.05, 4.69) is 5.10 Å². The van der Waals surface area contributed by atoms with Crippen molar-refractivity contribution in [3.8, 4) is 0 Å². The lowest BCUT2D eigenvalue weighted by molar-refractivity contribution is -0.138. The molecular formula is C14H14N2O3. The number of benzene rings is 1. The Morgan fingerprint density at radius 3 is 2.58 bits per heavy atom. The molecule has 1 unspecified atom stereocenters. The van der Waals surface area contributed by atoms with Crippen LogP contribution in [0.1, 0.15) is 24.0 Å². The van der Waals surface area contributed by atoms with Crippen LogP contribution >= 0.6 is 0 Å². The van der Waals surface area contributed by atoms with E-state index in [0.29, 0.717) is 6.54 Å². The molecule has 1 aromatic carbocycles. The van der Waals surface area contributed by atoms with E-state index in [4.69, 9.17) is 5.11 Å². The Morgan fingerprint density at radius 2 is 2.00 bits per heavy atom. The van der Waals surface area contributed by atoms with Crippen molar-refractivity contribution in [2.24, 2.45) is 0 Å². The van der Waals surface area contributed by atoms with Crippen LogP contribution < -0.4 is 5.56 Å². The van der Waals surface area contributed by atoms with Gasteiger partial charge in [-0.1, -0.05) is 24.3 Å². The molecule has 1 aromatic heterocycles. The van der Waals surface area contributed by atoms with Crippen LogP contribution in [0.2, 0.25) is 0 Å². The van der Waals surface area contributed by atoms with Crippen molar-refractivity contribution >= 4 is 5.97 Å². The van der Waals surface area contributed by atoms with Gasteiger partial charge in [0.05, 0.1) is 12.5 Å². The molecular weight excluding hydrogens is 244 g/mol. The van der Waals surface area contributed by atoms with Crippen molar-refractivity contribution in [1.82, 2.24) is 9.78 Å². The maximum Gasteiger partial charge on any atom is 0.310 e. The number of rotatable bonds is 4. The van der Waals surface area contributed by atoms with Crippen molar-refractivity contribution in [2.45, 2.75) is 19.4 Å². The molecule has 0 amide bonds. The van der Waals surface area contributed by atoms with Crippen LogP contribution in [0.4, 0.5) is 0 Å². The summed E-state index contributed by atoms with van der Waals surface area (Å²) in [6.45, 7) is 2.02. The maximum atomic E-state index is 11.5. The molecule has 1 atom stereocenters. The Balaban J connectivity index is 2.18. The van der Waals surface area contributed by atoms with E-state index >= 15 is 0 Å². The molecule has 0 radical (unpaired) electrons. The maximum absolute atomic E-state index is 11.5. The number of hydrogen-bond acceptors (Lipinski definition) is 3. The summed E-state index contributed by atoms with van der Waals surface area (Å²) in [6.07, 6.45) is 1.56. The Bertz CT molecular complexity index is 632. The van der Waals surface area contributed by atoms with Gasteiger partial charge in [-0.3, -0.25) is 9.59 Å². The van der Waals surface area contributed by atoms with Crippen molar-refractivity contribution < 1.29 is 9.90 Å². The summed E-state index contributed by atoms with van der Waals surface area (Å²) in [6, 6.07) is 10.2. The first-order chi connectivity index (χ1) is 9.08. The molecule has 0 spiro atoms. The van der Waals surface area contributed by atoms with E-state index in [1.54, 1.807) is 31.3 Å². The molecule has 2 aromatic rings. The lowest BCUT2D eigenvalue weighted by atomic mass is 10.0. The number of aromatic nitrogens is 2. The van der Waals surface area contributed by atoms with Gasteiger partial charge < -0.3 is 5.11 Å². The summed E-state index contributed by atoms with van der Waals surface area (Å²) < 4.78 is 1.36. The highest BCUT2D eigenvalue weighted by Gasteiger charge is 2.12. The zero-order chi connectivity index (χ0) is 13.8. The molecule has 98 valence electrons. The minimum Gasteiger partial charge on any atom is -0.481 e. The monoisotopic (exact) mass is 258 g/mol. The molecule has 0 aliphatic rings. The van der Waals surface area contributed by atoms with Gasteiger partial charge in [0.1, 0.15) is 0 Å². The smallest absolute Gasteiger partial charge is 0.310 e. The molecule has 1 heterocycles. The highest BCUT2D eigenvalue weighted by molar-refractivity contribution is 5.75. The molecule has 0 aliphatic carbocycles. The second kappa shape index (κ2) is 5.48. The van der Waals surface area contributed by atoms with E-state index in [1.807, 2.05) is 12.1 Å². The molecule has 0 saturated carbocycles. The number of aliphatic carboxylic acids is 1. The first-order valence-electron chi connectivity index (χ1n) is 5.91. The van der Waals surface area contributed by atoms with Crippen molar-refractivity contribution in [1.29, 1.82) is 0 Å². The standard InChI is InChI=1S/C14H14N2O3/c1-10(14(18)19)12-6-4-11(5-7-12)9-16-13(17)3-2-8-15-16/h2-8,10H,9H2,1H3,(H,18,19). The van der Waals surface area contributed by atoms with Crippen molar-refractivity contribution in [2.75, 3.05) is 0 Å². The Kier molecular flexibility index (Phi) is 3.75. The van der Waals surface area contributed by atoms with Crippen LogP contribution in [0.5, 0.6) is 0 Å². The zero-order valence-corrected chi connectivity index (χ0v) is 10.5. The minimum atomic E-state index is -0.853. The molecule has 2 rings (SSSR count). The first kappa shape index (κ1) is 13.0. The summed E-state index contributed by atoms with van der Waals surface area (Å²) in [5, 5.41) is 12.9. The number of carboxylic acid groups (broad SMARTS) is 1. The fraction of sp³-hybridized carbons (Fsp3) is 0.214. The van der Waals surface area contributed by atoms with E-state index in [9.17, 15) is 9.59 Å². The number of nitrogens with zero attached hydrogens (tertiary/aromatic N) is 2. The second-order valence-corrected chi connectivity index (χ2v) is 4.32. The quantitative estimate of drug-likeness (QED) is 0.901. The number of carbonyl (C=O) groups is 1. The third-order valence-corrected chi connectivity index (χ3v) is 2.97. The predicted octanol–water partition coefficient (Wildman–Crippen LogP) is 1.48. The largest absolute Gasteiger partial charge is 0.481 e. The van der Waals surface area contributed by atoms with Crippen LogP contribution in [0.3, 0.4) is 0 Å². The molecule has 19 heavy (non-hydrogen) atoms. The van der Waals surface area contributed by atoms with Gasteiger partial charge >= 0.3 is 5.97 Å². The fourth-order valence-corrected chi connectivity index (χ4v) is 1.73. The summed E-state index contributed by atoms with van der Waals surface area (Å²) in [4.78, 5) is 22.4.